The first-order chi connectivity index (χ1) is 9.30. The largest absolute Gasteiger partial charge is 0.481 e. The standard InChI is InChI=1S/C13H26N2O4S/c1-4-15(5-2)20(18,19)14(3)13(11-12(16)17)9-7-6-8-10-13/h4-11H2,1-3H3,(H,16,17). The first kappa shape index (κ1) is 17.4. The molecule has 1 aliphatic carbocycles. The summed E-state index contributed by atoms with van der Waals surface area (Å²) in [6.45, 7) is 4.37. The second-order valence-corrected chi connectivity index (χ2v) is 7.37. The number of rotatable bonds is 7. The Hall–Kier alpha value is -0.660. The maximum Gasteiger partial charge on any atom is 0.305 e. The van der Waals surface area contributed by atoms with Crippen LogP contribution in [0.15, 0.2) is 0 Å². The lowest BCUT2D eigenvalue weighted by molar-refractivity contribution is -0.140. The van der Waals surface area contributed by atoms with Crippen molar-refractivity contribution in [2.24, 2.45) is 0 Å². The van der Waals surface area contributed by atoms with Crippen molar-refractivity contribution in [3.63, 3.8) is 0 Å². The van der Waals surface area contributed by atoms with Gasteiger partial charge in [0.1, 0.15) is 0 Å². The normalized spacial score (nSPS) is 19.4. The summed E-state index contributed by atoms with van der Waals surface area (Å²) >= 11 is 0. The molecule has 0 atom stereocenters. The van der Waals surface area contributed by atoms with Crippen molar-refractivity contribution in [1.29, 1.82) is 0 Å². The molecule has 118 valence electrons. The number of carboxylic acids is 1. The van der Waals surface area contributed by atoms with Gasteiger partial charge in [-0.25, -0.2) is 0 Å². The van der Waals surface area contributed by atoms with E-state index in [1.165, 1.54) is 15.7 Å². The molecule has 1 fully saturated rings. The average molecular weight is 306 g/mol. The van der Waals surface area contributed by atoms with Crippen LogP contribution in [0.25, 0.3) is 0 Å². The zero-order valence-corrected chi connectivity index (χ0v) is 13.4. The minimum Gasteiger partial charge on any atom is -0.481 e. The molecular weight excluding hydrogens is 280 g/mol. The first-order valence-electron chi connectivity index (χ1n) is 7.26. The van der Waals surface area contributed by atoms with Crippen LogP contribution >= 0.6 is 0 Å². The molecule has 1 aliphatic rings. The molecule has 0 aromatic heterocycles. The molecule has 0 aromatic rings. The fourth-order valence-electron chi connectivity index (χ4n) is 3.06. The van der Waals surface area contributed by atoms with Crippen molar-refractivity contribution in [2.75, 3.05) is 20.1 Å². The van der Waals surface area contributed by atoms with Gasteiger partial charge in [0.2, 0.25) is 0 Å². The quantitative estimate of drug-likeness (QED) is 0.776. The fraction of sp³-hybridized carbons (Fsp3) is 0.923. The molecule has 0 aromatic carbocycles. The lowest BCUT2D eigenvalue weighted by Crippen LogP contribution is -2.56. The summed E-state index contributed by atoms with van der Waals surface area (Å²) in [5, 5.41) is 9.16. The highest BCUT2D eigenvalue weighted by atomic mass is 32.2. The van der Waals surface area contributed by atoms with Crippen molar-refractivity contribution < 1.29 is 18.3 Å². The third-order valence-electron chi connectivity index (χ3n) is 4.31. The van der Waals surface area contributed by atoms with Gasteiger partial charge in [0.05, 0.1) is 6.42 Å². The van der Waals surface area contributed by atoms with Gasteiger partial charge in [-0.3, -0.25) is 4.79 Å². The molecular formula is C13H26N2O4S. The van der Waals surface area contributed by atoms with Crippen LogP contribution in [-0.4, -0.2) is 53.8 Å². The minimum atomic E-state index is -3.60. The number of hydrogen-bond acceptors (Lipinski definition) is 3. The Labute approximate surface area is 121 Å². The summed E-state index contributed by atoms with van der Waals surface area (Å²) < 4.78 is 28.0. The molecule has 1 rings (SSSR count). The Morgan fingerprint density at radius 3 is 2.05 bits per heavy atom. The number of hydrogen-bond donors (Lipinski definition) is 1. The third kappa shape index (κ3) is 3.51. The highest BCUT2D eigenvalue weighted by molar-refractivity contribution is 7.86. The lowest BCUT2D eigenvalue weighted by Gasteiger charge is -2.44. The molecule has 7 heteroatoms. The van der Waals surface area contributed by atoms with Gasteiger partial charge in [-0.2, -0.15) is 17.0 Å². The second kappa shape index (κ2) is 6.87. The van der Waals surface area contributed by atoms with E-state index in [9.17, 15) is 13.2 Å². The molecule has 6 nitrogen and oxygen atoms in total. The van der Waals surface area contributed by atoms with Crippen LogP contribution in [0.4, 0.5) is 0 Å². The number of carbonyl (C=O) groups is 1. The van der Waals surface area contributed by atoms with E-state index in [1.807, 2.05) is 0 Å². The van der Waals surface area contributed by atoms with Gasteiger partial charge in [-0.05, 0) is 12.8 Å². The van der Waals surface area contributed by atoms with Crippen LogP contribution in [0.2, 0.25) is 0 Å². The van der Waals surface area contributed by atoms with Crippen LogP contribution in [0, 0.1) is 0 Å². The van der Waals surface area contributed by atoms with Gasteiger partial charge in [-0.1, -0.05) is 33.1 Å². The van der Waals surface area contributed by atoms with Crippen LogP contribution < -0.4 is 0 Å². The fourth-order valence-corrected chi connectivity index (χ4v) is 4.80. The first-order valence-corrected chi connectivity index (χ1v) is 8.65. The number of nitrogens with zero attached hydrogens (tertiary/aromatic N) is 2. The van der Waals surface area contributed by atoms with Crippen molar-refractivity contribution in [1.82, 2.24) is 8.61 Å². The molecule has 0 heterocycles. The van der Waals surface area contributed by atoms with Crippen molar-refractivity contribution in [3.05, 3.63) is 0 Å². The predicted octanol–water partition coefficient (Wildman–Crippen LogP) is 1.68. The molecule has 0 radical (unpaired) electrons. The zero-order chi connectivity index (χ0) is 15.4. The summed E-state index contributed by atoms with van der Waals surface area (Å²) in [6.07, 6.45) is 3.92. The number of aliphatic carboxylic acids is 1. The predicted molar refractivity (Wildman–Crippen MR) is 77.7 cm³/mol. The van der Waals surface area contributed by atoms with Gasteiger partial charge in [-0.15, -0.1) is 0 Å². The van der Waals surface area contributed by atoms with Gasteiger partial charge in [0.25, 0.3) is 10.2 Å². The van der Waals surface area contributed by atoms with Crippen LogP contribution in [0.3, 0.4) is 0 Å². The van der Waals surface area contributed by atoms with Crippen molar-refractivity contribution in [2.45, 2.75) is 57.9 Å². The van der Waals surface area contributed by atoms with E-state index in [1.54, 1.807) is 13.8 Å². The summed E-state index contributed by atoms with van der Waals surface area (Å²) in [5.74, 6) is -0.937. The Morgan fingerprint density at radius 2 is 1.65 bits per heavy atom. The molecule has 0 bridgehead atoms. The summed E-state index contributed by atoms with van der Waals surface area (Å²) in [4.78, 5) is 11.2. The van der Waals surface area contributed by atoms with E-state index in [4.69, 9.17) is 5.11 Å². The van der Waals surface area contributed by atoms with Crippen LogP contribution in [0.5, 0.6) is 0 Å². The Bertz CT molecular complexity index is 426. The van der Waals surface area contributed by atoms with Gasteiger partial charge < -0.3 is 5.11 Å². The molecule has 0 amide bonds. The van der Waals surface area contributed by atoms with Crippen LogP contribution in [0.1, 0.15) is 52.4 Å². The van der Waals surface area contributed by atoms with E-state index in [2.05, 4.69) is 0 Å². The van der Waals surface area contributed by atoms with Gasteiger partial charge >= 0.3 is 5.97 Å². The minimum absolute atomic E-state index is 0.121. The zero-order valence-electron chi connectivity index (χ0n) is 12.6. The Morgan fingerprint density at radius 1 is 1.15 bits per heavy atom. The topological polar surface area (TPSA) is 77.9 Å². The highest BCUT2D eigenvalue weighted by Gasteiger charge is 2.44. The maximum absolute atomic E-state index is 12.6. The maximum atomic E-state index is 12.6. The second-order valence-electron chi connectivity index (χ2n) is 5.42. The molecule has 20 heavy (non-hydrogen) atoms. The van der Waals surface area contributed by atoms with E-state index in [0.717, 1.165) is 19.3 Å². The molecule has 0 aliphatic heterocycles. The van der Waals surface area contributed by atoms with Gasteiger partial charge in [0.15, 0.2) is 0 Å². The molecule has 0 spiro atoms. The Kier molecular flexibility index (Phi) is 5.97. The summed E-state index contributed by atoms with van der Waals surface area (Å²) in [7, 11) is -2.07. The SMILES string of the molecule is CCN(CC)S(=O)(=O)N(C)C1(CC(=O)O)CCCCC1. The molecule has 0 saturated heterocycles. The smallest absolute Gasteiger partial charge is 0.305 e. The lowest BCUT2D eigenvalue weighted by atomic mass is 9.79. The average Bonchev–Trinajstić information content (AvgIpc) is 2.39. The van der Waals surface area contributed by atoms with Crippen LogP contribution in [-0.2, 0) is 15.0 Å². The molecule has 0 unspecified atom stereocenters. The van der Waals surface area contributed by atoms with E-state index < -0.39 is 21.7 Å². The number of carboxylic acid groups (broad SMARTS) is 1. The third-order valence-corrected chi connectivity index (χ3v) is 6.56. The monoisotopic (exact) mass is 306 g/mol. The van der Waals surface area contributed by atoms with Crippen molar-refractivity contribution >= 4 is 16.2 Å². The summed E-state index contributed by atoms with van der Waals surface area (Å²) in [6, 6.07) is 0. The Balaban J connectivity index is 3.10. The summed E-state index contributed by atoms with van der Waals surface area (Å²) in [5.41, 5.74) is -0.772. The van der Waals surface area contributed by atoms with E-state index in [0.29, 0.717) is 25.9 Å². The highest BCUT2D eigenvalue weighted by Crippen LogP contribution is 2.37. The van der Waals surface area contributed by atoms with Crippen molar-refractivity contribution in [3.8, 4) is 0 Å². The van der Waals surface area contributed by atoms with Gasteiger partial charge in [0, 0.05) is 25.7 Å². The van der Waals surface area contributed by atoms with E-state index >= 15 is 0 Å². The molecule has 1 N–H and O–H groups in total. The van der Waals surface area contributed by atoms with E-state index in [-0.39, 0.29) is 6.42 Å². The molecule has 1 saturated carbocycles.